The Bertz CT molecular complexity index is 526. The highest BCUT2D eigenvalue weighted by atomic mass is 19.2. The third-order valence-corrected chi connectivity index (χ3v) is 3.19. The first-order chi connectivity index (χ1) is 9.16. The van der Waals surface area contributed by atoms with Gasteiger partial charge in [0, 0.05) is 6.04 Å². The zero-order chi connectivity index (χ0) is 13.7. The molecule has 2 rings (SSSR count). The molecule has 19 heavy (non-hydrogen) atoms. The Morgan fingerprint density at radius 3 is 2.37 bits per heavy atom. The van der Waals surface area contributed by atoms with Crippen molar-refractivity contribution in [2.75, 3.05) is 0 Å². The molecule has 0 aromatic heterocycles. The maximum Gasteiger partial charge on any atom is 0.159 e. The summed E-state index contributed by atoms with van der Waals surface area (Å²) in [5.41, 5.74) is 7.99. The molecule has 1 atom stereocenters. The standard InChI is InChI=1S/C16H17F2N/c17-14-10-9-12(11-15(14)18)5-4-8-16(19)13-6-2-1-3-7-13/h1-3,6-7,9-11,16H,4-5,8,19H2. The number of nitrogens with two attached hydrogens (primary N) is 1. The van der Waals surface area contributed by atoms with E-state index in [4.69, 9.17) is 5.73 Å². The number of rotatable bonds is 5. The smallest absolute Gasteiger partial charge is 0.159 e. The van der Waals surface area contributed by atoms with E-state index >= 15 is 0 Å². The lowest BCUT2D eigenvalue weighted by atomic mass is 10.00. The zero-order valence-corrected chi connectivity index (χ0v) is 10.7. The van der Waals surface area contributed by atoms with Crippen molar-refractivity contribution in [3.05, 3.63) is 71.3 Å². The van der Waals surface area contributed by atoms with Crippen LogP contribution in [0.5, 0.6) is 0 Å². The molecular formula is C16H17F2N. The van der Waals surface area contributed by atoms with Crippen molar-refractivity contribution in [2.24, 2.45) is 5.73 Å². The average molecular weight is 261 g/mol. The fourth-order valence-electron chi connectivity index (χ4n) is 2.09. The van der Waals surface area contributed by atoms with Crippen LogP contribution in [-0.4, -0.2) is 0 Å². The van der Waals surface area contributed by atoms with Crippen LogP contribution < -0.4 is 5.73 Å². The van der Waals surface area contributed by atoms with Crippen molar-refractivity contribution in [3.63, 3.8) is 0 Å². The molecule has 0 aliphatic rings. The van der Waals surface area contributed by atoms with E-state index in [-0.39, 0.29) is 6.04 Å². The lowest BCUT2D eigenvalue weighted by Crippen LogP contribution is -2.10. The van der Waals surface area contributed by atoms with Crippen molar-refractivity contribution in [2.45, 2.75) is 25.3 Å². The van der Waals surface area contributed by atoms with Crippen LogP contribution in [0.2, 0.25) is 0 Å². The van der Waals surface area contributed by atoms with Crippen LogP contribution in [0, 0.1) is 11.6 Å². The summed E-state index contributed by atoms with van der Waals surface area (Å²) in [6.45, 7) is 0. The van der Waals surface area contributed by atoms with Gasteiger partial charge in [-0.25, -0.2) is 8.78 Å². The van der Waals surface area contributed by atoms with Gasteiger partial charge in [-0.1, -0.05) is 36.4 Å². The average Bonchev–Trinajstić information content (AvgIpc) is 2.43. The minimum atomic E-state index is -0.801. The first-order valence-corrected chi connectivity index (χ1v) is 6.41. The van der Waals surface area contributed by atoms with E-state index in [2.05, 4.69) is 0 Å². The minimum Gasteiger partial charge on any atom is -0.324 e. The minimum absolute atomic E-state index is 0.00787. The quantitative estimate of drug-likeness (QED) is 0.865. The number of aryl methyl sites for hydroxylation is 1. The van der Waals surface area contributed by atoms with E-state index in [1.165, 1.54) is 12.1 Å². The fraction of sp³-hybridized carbons (Fsp3) is 0.250. The van der Waals surface area contributed by atoms with Gasteiger partial charge in [-0.2, -0.15) is 0 Å². The fourth-order valence-corrected chi connectivity index (χ4v) is 2.09. The Balaban J connectivity index is 1.85. The first-order valence-electron chi connectivity index (χ1n) is 6.41. The van der Waals surface area contributed by atoms with Gasteiger partial charge < -0.3 is 5.73 Å². The molecule has 0 fully saturated rings. The zero-order valence-electron chi connectivity index (χ0n) is 10.7. The normalized spacial score (nSPS) is 12.4. The first kappa shape index (κ1) is 13.7. The van der Waals surface area contributed by atoms with Gasteiger partial charge in [-0.05, 0) is 42.5 Å². The third-order valence-electron chi connectivity index (χ3n) is 3.19. The van der Waals surface area contributed by atoms with Crippen LogP contribution in [0.25, 0.3) is 0 Å². The van der Waals surface area contributed by atoms with Gasteiger partial charge in [0.15, 0.2) is 11.6 Å². The molecule has 0 saturated carbocycles. The van der Waals surface area contributed by atoms with Gasteiger partial charge in [0.25, 0.3) is 0 Å². The Morgan fingerprint density at radius 1 is 0.947 bits per heavy atom. The molecule has 0 aliphatic heterocycles. The summed E-state index contributed by atoms with van der Waals surface area (Å²) in [5, 5.41) is 0. The van der Waals surface area contributed by atoms with Crippen molar-refractivity contribution in [3.8, 4) is 0 Å². The van der Waals surface area contributed by atoms with E-state index in [1.54, 1.807) is 6.07 Å². The van der Waals surface area contributed by atoms with Crippen molar-refractivity contribution in [1.82, 2.24) is 0 Å². The monoisotopic (exact) mass is 261 g/mol. The van der Waals surface area contributed by atoms with Crippen molar-refractivity contribution in [1.29, 1.82) is 0 Å². The highest BCUT2D eigenvalue weighted by Crippen LogP contribution is 2.17. The number of halogens is 2. The van der Waals surface area contributed by atoms with E-state index in [0.717, 1.165) is 24.0 Å². The molecule has 1 nitrogen and oxygen atoms in total. The summed E-state index contributed by atoms with van der Waals surface area (Å²) in [4.78, 5) is 0. The van der Waals surface area contributed by atoms with E-state index in [1.807, 2.05) is 30.3 Å². The molecule has 3 heteroatoms. The molecule has 0 radical (unpaired) electrons. The van der Waals surface area contributed by atoms with Crippen LogP contribution in [-0.2, 0) is 6.42 Å². The molecule has 100 valence electrons. The SMILES string of the molecule is NC(CCCc1ccc(F)c(F)c1)c1ccccc1. The summed E-state index contributed by atoms with van der Waals surface area (Å²) < 4.78 is 25.8. The number of hydrogen-bond acceptors (Lipinski definition) is 1. The molecule has 1 unspecified atom stereocenters. The summed E-state index contributed by atoms with van der Waals surface area (Å²) in [6, 6.07) is 13.9. The van der Waals surface area contributed by atoms with Gasteiger partial charge in [-0.3, -0.25) is 0 Å². The highest BCUT2D eigenvalue weighted by Gasteiger charge is 2.06. The lowest BCUT2D eigenvalue weighted by molar-refractivity contribution is 0.506. The van der Waals surface area contributed by atoms with Gasteiger partial charge in [0.1, 0.15) is 0 Å². The van der Waals surface area contributed by atoms with E-state index in [9.17, 15) is 8.78 Å². The molecule has 2 N–H and O–H groups in total. The van der Waals surface area contributed by atoms with Crippen LogP contribution >= 0.6 is 0 Å². The lowest BCUT2D eigenvalue weighted by Gasteiger charge is -2.11. The largest absolute Gasteiger partial charge is 0.324 e. The van der Waals surface area contributed by atoms with Crippen LogP contribution in [0.1, 0.15) is 30.0 Å². The van der Waals surface area contributed by atoms with Gasteiger partial charge in [0.05, 0.1) is 0 Å². The van der Waals surface area contributed by atoms with Crippen molar-refractivity contribution < 1.29 is 8.78 Å². The van der Waals surface area contributed by atoms with Crippen LogP contribution in [0.3, 0.4) is 0 Å². The second kappa shape index (κ2) is 6.43. The number of benzene rings is 2. The van der Waals surface area contributed by atoms with Crippen molar-refractivity contribution >= 4 is 0 Å². The van der Waals surface area contributed by atoms with Gasteiger partial charge >= 0.3 is 0 Å². The molecule has 0 aliphatic carbocycles. The maximum absolute atomic E-state index is 13.0. The Labute approximate surface area is 112 Å². The molecule has 0 heterocycles. The van der Waals surface area contributed by atoms with Crippen LogP contribution in [0.4, 0.5) is 8.78 Å². The van der Waals surface area contributed by atoms with Gasteiger partial charge in [-0.15, -0.1) is 0 Å². The predicted molar refractivity (Wildman–Crippen MR) is 72.7 cm³/mol. The summed E-state index contributed by atoms with van der Waals surface area (Å²) in [5.74, 6) is -1.59. The second-order valence-corrected chi connectivity index (χ2v) is 4.66. The second-order valence-electron chi connectivity index (χ2n) is 4.66. The molecule has 0 saturated heterocycles. The molecule has 2 aromatic carbocycles. The summed E-state index contributed by atoms with van der Waals surface area (Å²) in [7, 11) is 0. The molecule has 0 bridgehead atoms. The Kier molecular flexibility index (Phi) is 4.63. The summed E-state index contributed by atoms with van der Waals surface area (Å²) in [6.07, 6.45) is 2.38. The predicted octanol–water partition coefficient (Wildman–Crippen LogP) is 3.99. The molecule has 0 amide bonds. The molecule has 0 spiro atoms. The highest BCUT2D eigenvalue weighted by molar-refractivity contribution is 5.19. The molecular weight excluding hydrogens is 244 g/mol. The van der Waals surface area contributed by atoms with E-state index in [0.29, 0.717) is 6.42 Å². The molecule has 2 aromatic rings. The Morgan fingerprint density at radius 2 is 1.68 bits per heavy atom. The Hall–Kier alpha value is -1.74. The van der Waals surface area contributed by atoms with Gasteiger partial charge in [0.2, 0.25) is 0 Å². The number of hydrogen-bond donors (Lipinski definition) is 1. The van der Waals surface area contributed by atoms with Crippen LogP contribution in [0.15, 0.2) is 48.5 Å². The maximum atomic E-state index is 13.0. The third kappa shape index (κ3) is 3.86. The summed E-state index contributed by atoms with van der Waals surface area (Å²) >= 11 is 0. The van der Waals surface area contributed by atoms with E-state index < -0.39 is 11.6 Å². The topological polar surface area (TPSA) is 26.0 Å².